The molecule has 3 nitrogen and oxygen atoms in total. The van der Waals surface area contributed by atoms with Crippen molar-refractivity contribution >= 4 is 0 Å². The van der Waals surface area contributed by atoms with Crippen molar-refractivity contribution in [2.24, 2.45) is 0 Å². The van der Waals surface area contributed by atoms with Crippen molar-refractivity contribution in [3.05, 3.63) is 18.2 Å². The first-order chi connectivity index (χ1) is 6.45. The average Bonchev–Trinajstić information content (AvgIpc) is 2.65. The number of nitrogens with zero attached hydrogens (tertiary/aromatic N) is 2. The molecular weight excluding hydrogens is 162 g/mol. The number of aromatic nitrogens is 2. The largest absolute Gasteiger partial charge is 0.329 e. The summed E-state index contributed by atoms with van der Waals surface area (Å²) in [6.07, 6.45) is 9.48. The van der Waals surface area contributed by atoms with Crippen molar-refractivity contribution in [2.45, 2.75) is 44.3 Å². The van der Waals surface area contributed by atoms with Crippen LogP contribution in [-0.2, 0) is 6.54 Å². The average molecular weight is 177 g/mol. The summed E-state index contributed by atoms with van der Waals surface area (Å²) in [4.78, 5) is 4.35. The molecule has 0 radical (unpaired) electrons. The van der Waals surface area contributed by atoms with Crippen LogP contribution in [0.25, 0.3) is 0 Å². The zero-order valence-corrected chi connectivity index (χ0v) is 7.74. The van der Waals surface area contributed by atoms with E-state index in [-0.39, 0.29) is 0 Å². The normalized spacial score (nSPS) is 32.3. The third-order valence-electron chi connectivity index (χ3n) is 3.36. The van der Waals surface area contributed by atoms with Crippen molar-refractivity contribution in [2.75, 3.05) is 0 Å². The number of rotatable bonds is 0. The van der Waals surface area contributed by atoms with Crippen LogP contribution >= 0.6 is 0 Å². The van der Waals surface area contributed by atoms with Crippen molar-refractivity contribution in [3.8, 4) is 0 Å². The minimum atomic E-state index is 0.681. The summed E-state index contributed by atoms with van der Waals surface area (Å²) in [6.45, 7) is 0.953. The van der Waals surface area contributed by atoms with Gasteiger partial charge in [0, 0.05) is 18.4 Å². The smallest absolute Gasteiger partial charge is 0.122 e. The topological polar surface area (TPSA) is 29.9 Å². The number of fused-ring (bicyclic) bond motifs is 3. The van der Waals surface area contributed by atoms with Gasteiger partial charge in [0.1, 0.15) is 5.82 Å². The van der Waals surface area contributed by atoms with E-state index in [4.69, 9.17) is 0 Å². The van der Waals surface area contributed by atoms with Crippen molar-refractivity contribution in [1.29, 1.82) is 0 Å². The molecule has 3 heteroatoms. The summed E-state index contributed by atoms with van der Waals surface area (Å²) in [7, 11) is 0. The maximum absolute atomic E-state index is 4.35. The van der Waals surface area contributed by atoms with Gasteiger partial charge in [-0.15, -0.1) is 0 Å². The predicted molar refractivity (Wildman–Crippen MR) is 50.4 cm³/mol. The molecule has 13 heavy (non-hydrogen) atoms. The van der Waals surface area contributed by atoms with Crippen LogP contribution in [0.4, 0.5) is 0 Å². The molecule has 1 aromatic rings. The van der Waals surface area contributed by atoms with E-state index < -0.39 is 0 Å². The molecule has 3 rings (SSSR count). The minimum absolute atomic E-state index is 0.681. The van der Waals surface area contributed by atoms with Crippen LogP contribution in [-0.4, -0.2) is 15.6 Å². The Hall–Kier alpha value is -0.830. The SMILES string of the molecule is c1cn2c(n1)CNC1CCCCC12. The molecule has 0 saturated heterocycles. The molecule has 1 aliphatic heterocycles. The standard InChI is InChI=1S/C10H15N3/c1-2-4-9-8(3-1)12-7-10-11-5-6-13(9)10/h5-6,8-9,12H,1-4,7H2. The Labute approximate surface area is 78.2 Å². The zero-order valence-electron chi connectivity index (χ0n) is 7.74. The molecule has 2 aliphatic rings. The molecule has 1 aliphatic carbocycles. The van der Waals surface area contributed by atoms with Crippen LogP contribution in [0.3, 0.4) is 0 Å². The Bertz CT molecular complexity index is 305. The fourth-order valence-electron chi connectivity index (χ4n) is 2.69. The highest BCUT2D eigenvalue weighted by molar-refractivity contribution is 5.03. The molecule has 0 amide bonds. The van der Waals surface area contributed by atoms with Gasteiger partial charge in [-0.3, -0.25) is 0 Å². The van der Waals surface area contributed by atoms with Crippen LogP contribution in [0.2, 0.25) is 0 Å². The monoisotopic (exact) mass is 177 g/mol. The lowest BCUT2D eigenvalue weighted by Crippen LogP contribution is -2.44. The molecular formula is C10H15N3. The second kappa shape index (κ2) is 2.84. The van der Waals surface area contributed by atoms with Gasteiger partial charge in [-0.2, -0.15) is 0 Å². The number of imidazole rings is 1. The Morgan fingerprint density at radius 2 is 2.31 bits per heavy atom. The van der Waals surface area contributed by atoms with Gasteiger partial charge < -0.3 is 9.88 Å². The second-order valence-electron chi connectivity index (χ2n) is 4.09. The van der Waals surface area contributed by atoms with Gasteiger partial charge in [-0.05, 0) is 12.8 Å². The van der Waals surface area contributed by atoms with Gasteiger partial charge in [0.25, 0.3) is 0 Å². The van der Waals surface area contributed by atoms with E-state index >= 15 is 0 Å². The first-order valence-corrected chi connectivity index (χ1v) is 5.20. The van der Waals surface area contributed by atoms with Gasteiger partial charge in [-0.1, -0.05) is 12.8 Å². The Morgan fingerprint density at radius 3 is 3.31 bits per heavy atom. The summed E-state index contributed by atoms with van der Waals surface area (Å²) < 4.78 is 2.38. The minimum Gasteiger partial charge on any atom is -0.329 e. The van der Waals surface area contributed by atoms with E-state index in [2.05, 4.69) is 21.1 Å². The van der Waals surface area contributed by atoms with Gasteiger partial charge in [-0.25, -0.2) is 4.98 Å². The van der Waals surface area contributed by atoms with Crippen LogP contribution in [0.1, 0.15) is 37.5 Å². The molecule has 2 unspecified atom stereocenters. The highest BCUT2D eigenvalue weighted by Gasteiger charge is 2.30. The molecule has 2 atom stereocenters. The van der Waals surface area contributed by atoms with Gasteiger partial charge in [0.15, 0.2) is 0 Å². The predicted octanol–water partition coefficient (Wildman–Crippen LogP) is 1.47. The summed E-state index contributed by atoms with van der Waals surface area (Å²) in [5.74, 6) is 1.21. The van der Waals surface area contributed by atoms with Crippen LogP contribution in [0.15, 0.2) is 12.4 Å². The Morgan fingerprint density at radius 1 is 1.38 bits per heavy atom. The van der Waals surface area contributed by atoms with Crippen LogP contribution in [0, 0.1) is 0 Å². The van der Waals surface area contributed by atoms with Gasteiger partial charge in [0.2, 0.25) is 0 Å². The molecule has 2 heterocycles. The first kappa shape index (κ1) is 7.56. The lowest BCUT2D eigenvalue weighted by Gasteiger charge is -2.37. The second-order valence-corrected chi connectivity index (χ2v) is 4.09. The highest BCUT2D eigenvalue weighted by Crippen LogP contribution is 2.31. The first-order valence-electron chi connectivity index (χ1n) is 5.20. The molecule has 0 aromatic carbocycles. The Balaban J connectivity index is 1.97. The summed E-state index contributed by atoms with van der Waals surface area (Å²) in [5, 5.41) is 3.58. The van der Waals surface area contributed by atoms with Gasteiger partial charge >= 0.3 is 0 Å². The van der Waals surface area contributed by atoms with Crippen molar-refractivity contribution in [1.82, 2.24) is 14.9 Å². The molecule has 1 fully saturated rings. The van der Waals surface area contributed by atoms with Crippen LogP contribution in [0.5, 0.6) is 0 Å². The molecule has 1 saturated carbocycles. The summed E-state index contributed by atoms with van der Waals surface area (Å²) in [6, 6.07) is 1.38. The Kier molecular flexibility index (Phi) is 1.65. The van der Waals surface area contributed by atoms with E-state index in [9.17, 15) is 0 Å². The maximum atomic E-state index is 4.35. The van der Waals surface area contributed by atoms with E-state index in [0.717, 1.165) is 6.54 Å². The summed E-state index contributed by atoms with van der Waals surface area (Å²) in [5.41, 5.74) is 0. The fourth-order valence-corrected chi connectivity index (χ4v) is 2.69. The third kappa shape index (κ3) is 1.10. The number of hydrogen-bond acceptors (Lipinski definition) is 2. The van der Waals surface area contributed by atoms with Gasteiger partial charge in [0.05, 0.1) is 12.6 Å². The molecule has 0 spiro atoms. The van der Waals surface area contributed by atoms with Crippen LogP contribution < -0.4 is 5.32 Å². The highest BCUT2D eigenvalue weighted by atomic mass is 15.2. The number of hydrogen-bond donors (Lipinski definition) is 1. The van der Waals surface area contributed by atoms with E-state index in [1.165, 1.54) is 31.5 Å². The van der Waals surface area contributed by atoms with E-state index in [0.29, 0.717) is 12.1 Å². The van der Waals surface area contributed by atoms with E-state index in [1.807, 2.05) is 6.20 Å². The lowest BCUT2D eigenvalue weighted by atomic mass is 9.89. The summed E-state index contributed by atoms with van der Waals surface area (Å²) >= 11 is 0. The quantitative estimate of drug-likeness (QED) is 0.650. The van der Waals surface area contributed by atoms with E-state index in [1.54, 1.807) is 0 Å². The molecule has 70 valence electrons. The molecule has 1 N–H and O–H groups in total. The number of nitrogens with one attached hydrogen (secondary N) is 1. The fraction of sp³-hybridized carbons (Fsp3) is 0.700. The van der Waals surface area contributed by atoms with Crippen molar-refractivity contribution in [3.63, 3.8) is 0 Å². The molecule has 0 bridgehead atoms. The third-order valence-corrected chi connectivity index (χ3v) is 3.36. The van der Waals surface area contributed by atoms with Crippen molar-refractivity contribution < 1.29 is 0 Å². The zero-order chi connectivity index (χ0) is 8.67. The maximum Gasteiger partial charge on any atom is 0.122 e. The lowest BCUT2D eigenvalue weighted by molar-refractivity contribution is 0.227. The molecule has 1 aromatic heterocycles.